The molecule has 0 aliphatic carbocycles. The molecule has 124 valence electrons. The molecule has 2 N–H and O–H groups in total. The molecule has 1 aliphatic rings. The predicted octanol–water partition coefficient (Wildman–Crippen LogP) is 2.39. The molecule has 1 atom stereocenters. The molecule has 1 fully saturated rings. The van der Waals surface area contributed by atoms with Crippen molar-refractivity contribution in [3.8, 4) is 11.5 Å². The fourth-order valence-electron chi connectivity index (χ4n) is 2.71. The number of amides is 2. The molecule has 0 aromatic heterocycles. The number of phenolic OH excluding ortho intramolecular Hbond substituents is 1. The zero-order valence-corrected chi connectivity index (χ0v) is 13.2. The Morgan fingerprint density at radius 1 is 1.21 bits per heavy atom. The summed E-state index contributed by atoms with van der Waals surface area (Å²) in [6, 6.07) is 13.6. The van der Waals surface area contributed by atoms with E-state index < -0.39 is 5.92 Å². The SMILES string of the molecule is COc1ccc(N2CC(C(=O)Nc3ccccc3O)CC2=O)cc1. The molecule has 1 heterocycles. The lowest BCUT2D eigenvalue weighted by atomic mass is 10.1. The van der Waals surface area contributed by atoms with Gasteiger partial charge in [-0.2, -0.15) is 0 Å². The van der Waals surface area contributed by atoms with Gasteiger partial charge in [-0.25, -0.2) is 0 Å². The molecule has 1 aliphatic heterocycles. The summed E-state index contributed by atoms with van der Waals surface area (Å²) >= 11 is 0. The molecule has 2 aromatic rings. The normalized spacial score (nSPS) is 17.0. The Morgan fingerprint density at radius 3 is 2.58 bits per heavy atom. The number of carbonyl (C=O) groups excluding carboxylic acids is 2. The van der Waals surface area contributed by atoms with E-state index in [0.29, 0.717) is 18.0 Å². The van der Waals surface area contributed by atoms with E-state index in [9.17, 15) is 14.7 Å². The van der Waals surface area contributed by atoms with Crippen molar-refractivity contribution in [2.45, 2.75) is 6.42 Å². The Labute approximate surface area is 139 Å². The van der Waals surface area contributed by atoms with Crippen LogP contribution in [0.2, 0.25) is 0 Å². The van der Waals surface area contributed by atoms with Gasteiger partial charge in [-0.15, -0.1) is 0 Å². The van der Waals surface area contributed by atoms with Crippen molar-refractivity contribution in [1.29, 1.82) is 0 Å². The lowest BCUT2D eigenvalue weighted by Crippen LogP contribution is -2.28. The molecule has 3 rings (SSSR count). The summed E-state index contributed by atoms with van der Waals surface area (Å²) in [7, 11) is 1.58. The van der Waals surface area contributed by atoms with Crippen LogP contribution in [0.4, 0.5) is 11.4 Å². The van der Waals surface area contributed by atoms with E-state index in [1.165, 1.54) is 6.07 Å². The first-order chi connectivity index (χ1) is 11.6. The van der Waals surface area contributed by atoms with E-state index in [1.54, 1.807) is 54.5 Å². The molecule has 0 saturated carbocycles. The smallest absolute Gasteiger partial charge is 0.229 e. The molecule has 0 bridgehead atoms. The number of anilines is 2. The maximum Gasteiger partial charge on any atom is 0.229 e. The highest BCUT2D eigenvalue weighted by atomic mass is 16.5. The third-order valence-electron chi connectivity index (χ3n) is 4.04. The first kappa shape index (κ1) is 15.9. The topological polar surface area (TPSA) is 78.9 Å². The number of rotatable bonds is 4. The van der Waals surface area contributed by atoms with Crippen LogP contribution in [-0.2, 0) is 9.59 Å². The number of benzene rings is 2. The number of nitrogens with zero attached hydrogens (tertiary/aromatic N) is 1. The number of phenols is 1. The first-order valence-electron chi connectivity index (χ1n) is 7.62. The van der Waals surface area contributed by atoms with Crippen LogP contribution in [-0.4, -0.2) is 30.6 Å². The largest absolute Gasteiger partial charge is 0.506 e. The number of ether oxygens (including phenoxy) is 1. The zero-order chi connectivity index (χ0) is 17.1. The number of methoxy groups -OCH3 is 1. The fraction of sp³-hybridized carbons (Fsp3) is 0.222. The van der Waals surface area contributed by atoms with Crippen LogP contribution < -0.4 is 15.0 Å². The first-order valence-corrected chi connectivity index (χ1v) is 7.62. The summed E-state index contributed by atoms with van der Waals surface area (Å²) in [6.07, 6.45) is 0.144. The minimum atomic E-state index is -0.459. The van der Waals surface area contributed by atoms with Crippen molar-refractivity contribution in [2.24, 2.45) is 5.92 Å². The molecule has 2 amide bonds. The molecule has 6 heteroatoms. The van der Waals surface area contributed by atoms with Gasteiger partial charge in [0.2, 0.25) is 11.8 Å². The third kappa shape index (κ3) is 3.17. The van der Waals surface area contributed by atoms with E-state index in [1.807, 2.05) is 0 Å². The van der Waals surface area contributed by atoms with Crippen LogP contribution in [0.5, 0.6) is 11.5 Å². The molecule has 0 spiro atoms. The molecule has 6 nitrogen and oxygen atoms in total. The molecule has 0 radical (unpaired) electrons. The van der Waals surface area contributed by atoms with E-state index in [-0.39, 0.29) is 24.0 Å². The van der Waals surface area contributed by atoms with Gasteiger partial charge >= 0.3 is 0 Å². The van der Waals surface area contributed by atoms with E-state index in [0.717, 1.165) is 5.69 Å². The van der Waals surface area contributed by atoms with Gasteiger partial charge in [-0.1, -0.05) is 12.1 Å². The van der Waals surface area contributed by atoms with Gasteiger partial charge in [0.1, 0.15) is 11.5 Å². The average molecular weight is 326 g/mol. The van der Waals surface area contributed by atoms with E-state index in [2.05, 4.69) is 5.32 Å². The van der Waals surface area contributed by atoms with Gasteiger partial charge in [0.15, 0.2) is 0 Å². The zero-order valence-electron chi connectivity index (χ0n) is 13.2. The minimum Gasteiger partial charge on any atom is -0.506 e. The van der Waals surface area contributed by atoms with E-state index >= 15 is 0 Å². The predicted molar refractivity (Wildman–Crippen MR) is 90.2 cm³/mol. The number of hydrogen-bond acceptors (Lipinski definition) is 4. The van der Waals surface area contributed by atoms with Gasteiger partial charge in [-0.3, -0.25) is 9.59 Å². The van der Waals surface area contributed by atoms with Gasteiger partial charge in [0.25, 0.3) is 0 Å². The minimum absolute atomic E-state index is 0.00202. The Hall–Kier alpha value is -3.02. The molecule has 2 aromatic carbocycles. The summed E-state index contributed by atoms with van der Waals surface area (Å²) in [5, 5.41) is 12.4. The lowest BCUT2D eigenvalue weighted by Gasteiger charge is -2.17. The van der Waals surface area contributed by atoms with Gasteiger partial charge in [-0.05, 0) is 36.4 Å². The Morgan fingerprint density at radius 2 is 1.92 bits per heavy atom. The lowest BCUT2D eigenvalue weighted by molar-refractivity contribution is -0.122. The summed E-state index contributed by atoms with van der Waals surface area (Å²) in [6.45, 7) is 0.310. The second-order valence-electron chi connectivity index (χ2n) is 5.61. The van der Waals surface area contributed by atoms with Crippen molar-refractivity contribution in [3.05, 3.63) is 48.5 Å². The fourth-order valence-corrected chi connectivity index (χ4v) is 2.71. The summed E-state index contributed by atoms with van der Waals surface area (Å²) in [5.74, 6) is -0.126. The number of para-hydroxylation sites is 2. The Balaban J connectivity index is 1.69. The monoisotopic (exact) mass is 326 g/mol. The molecular formula is C18H18N2O4. The van der Waals surface area contributed by atoms with E-state index in [4.69, 9.17) is 4.74 Å². The molecule has 1 saturated heterocycles. The number of hydrogen-bond donors (Lipinski definition) is 2. The molecule has 24 heavy (non-hydrogen) atoms. The average Bonchev–Trinajstić information content (AvgIpc) is 2.99. The van der Waals surface area contributed by atoms with Crippen LogP contribution in [0, 0.1) is 5.92 Å². The van der Waals surface area contributed by atoms with Crippen LogP contribution >= 0.6 is 0 Å². The Kier molecular flexibility index (Phi) is 4.37. The number of nitrogens with one attached hydrogen (secondary N) is 1. The second-order valence-corrected chi connectivity index (χ2v) is 5.61. The van der Waals surface area contributed by atoms with Crippen molar-refractivity contribution < 1.29 is 19.4 Å². The quantitative estimate of drug-likeness (QED) is 0.846. The summed E-state index contributed by atoms with van der Waals surface area (Å²) < 4.78 is 5.10. The van der Waals surface area contributed by atoms with Crippen molar-refractivity contribution in [1.82, 2.24) is 0 Å². The van der Waals surface area contributed by atoms with Crippen LogP contribution in [0.1, 0.15) is 6.42 Å². The summed E-state index contributed by atoms with van der Waals surface area (Å²) in [5.41, 5.74) is 1.08. The summed E-state index contributed by atoms with van der Waals surface area (Å²) in [4.78, 5) is 26.2. The van der Waals surface area contributed by atoms with Crippen molar-refractivity contribution >= 4 is 23.2 Å². The van der Waals surface area contributed by atoms with Crippen molar-refractivity contribution in [2.75, 3.05) is 23.9 Å². The van der Waals surface area contributed by atoms with Crippen molar-refractivity contribution in [3.63, 3.8) is 0 Å². The Bertz CT molecular complexity index is 758. The van der Waals surface area contributed by atoms with Crippen LogP contribution in [0.3, 0.4) is 0 Å². The van der Waals surface area contributed by atoms with Gasteiger partial charge in [0.05, 0.1) is 18.7 Å². The number of aromatic hydroxyl groups is 1. The molecular weight excluding hydrogens is 308 g/mol. The van der Waals surface area contributed by atoms with Crippen LogP contribution in [0.15, 0.2) is 48.5 Å². The maximum atomic E-state index is 12.4. The highest BCUT2D eigenvalue weighted by molar-refractivity contribution is 6.03. The standard InChI is InChI=1S/C18H18N2O4/c1-24-14-8-6-13(7-9-14)20-11-12(10-17(20)22)18(23)19-15-4-2-3-5-16(15)21/h2-9,12,21H,10-11H2,1H3,(H,19,23). The number of carbonyl (C=O) groups is 2. The second kappa shape index (κ2) is 6.62. The highest BCUT2D eigenvalue weighted by Gasteiger charge is 2.35. The van der Waals surface area contributed by atoms with Crippen LogP contribution in [0.25, 0.3) is 0 Å². The molecule has 1 unspecified atom stereocenters. The third-order valence-corrected chi connectivity index (χ3v) is 4.04. The van der Waals surface area contributed by atoms with Gasteiger partial charge in [0, 0.05) is 18.7 Å². The highest BCUT2D eigenvalue weighted by Crippen LogP contribution is 2.28. The maximum absolute atomic E-state index is 12.4. The van der Waals surface area contributed by atoms with Gasteiger partial charge < -0.3 is 20.1 Å².